The zero-order chi connectivity index (χ0) is 17.6. The lowest BCUT2D eigenvalue weighted by Gasteiger charge is -2.12. The second-order valence-electron chi connectivity index (χ2n) is 4.96. The van der Waals surface area contributed by atoms with Crippen molar-refractivity contribution in [3.05, 3.63) is 59.7 Å². The molecule has 0 saturated carbocycles. The van der Waals surface area contributed by atoms with Gasteiger partial charge in [0.15, 0.2) is 0 Å². The quantitative estimate of drug-likeness (QED) is 0.616. The molecule has 0 aromatic heterocycles. The van der Waals surface area contributed by atoms with Crippen LogP contribution in [0.2, 0.25) is 0 Å². The van der Waals surface area contributed by atoms with E-state index < -0.39 is 11.4 Å². The monoisotopic (exact) mass is 355 g/mol. The lowest BCUT2D eigenvalue weighted by molar-refractivity contribution is -0.0328. The van der Waals surface area contributed by atoms with Gasteiger partial charge in [-0.25, -0.2) is 0 Å². The number of rotatable bonds is 6. The van der Waals surface area contributed by atoms with Gasteiger partial charge in [-0.2, -0.15) is 13.2 Å². The van der Waals surface area contributed by atoms with Crippen LogP contribution >= 0.6 is 11.8 Å². The van der Waals surface area contributed by atoms with E-state index in [0.29, 0.717) is 5.75 Å². The molecule has 0 atom stereocenters. The normalized spacial score (nSPS) is 11.2. The molecule has 2 aromatic rings. The summed E-state index contributed by atoms with van der Waals surface area (Å²) in [6.45, 7) is 2.35. The van der Waals surface area contributed by atoms with Gasteiger partial charge >= 0.3 is 5.51 Å². The molecule has 0 unspecified atom stereocenters. The minimum absolute atomic E-state index is 0.00428. The van der Waals surface area contributed by atoms with Gasteiger partial charge in [0.05, 0.1) is 12.1 Å². The summed E-state index contributed by atoms with van der Waals surface area (Å²) >= 11 is -0.299. The van der Waals surface area contributed by atoms with Crippen LogP contribution in [-0.2, 0) is 0 Å². The molecule has 1 N–H and O–H groups in total. The predicted molar refractivity (Wildman–Crippen MR) is 87.4 cm³/mol. The Morgan fingerprint density at radius 2 is 1.92 bits per heavy atom. The van der Waals surface area contributed by atoms with Crippen molar-refractivity contribution >= 4 is 17.7 Å². The topological polar surface area (TPSA) is 38.3 Å². The van der Waals surface area contributed by atoms with Crippen LogP contribution in [0.15, 0.2) is 53.4 Å². The first-order chi connectivity index (χ1) is 11.3. The van der Waals surface area contributed by atoms with E-state index in [-0.39, 0.29) is 35.4 Å². The van der Waals surface area contributed by atoms with Crippen molar-refractivity contribution in [3.8, 4) is 5.75 Å². The molecule has 0 heterocycles. The minimum Gasteiger partial charge on any atom is -0.492 e. The molecule has 0 aliphatic rings. The Kier molecular flexibility index (Phi) is 6.14. The lowest BCUT2D eigenvalue weighted by atomic mass is 10.2. The van der Waals surface area contributed by atoms with Crippen molar-refractivity contribution in [1.29, 1.82) is 0 Å². The van der Waals surface area contributed by atoms with E-state index in [1.165, 1.54) is 24.3 Å². The maximum Gasteiger partial charge on any atom is 0.446 e. The fourth-order valence-electron chi connectivity index (χ4n) is 2.00. The molecule has 0 spiro atoms. The van der Waals surface area contributed by atoms with Crippen LogP contribution < -0.4 is 10.1 Å². The number of aryl methyl sites for hydroxylation is 1. The summed E-state index contributed by atoms with van der Waals surface area (Å²) in [6, 6.07) is 13.1. The third-order valence-electron chi connectivity index (χ3n) is 3.00. The molecule has 3 nitrogen and oxygen atoms in total. The van der Waals surface area contributed by atoms with Gasteiger partial charge in [0.2, 0.25) is 0 Å². The number of carbonyl (C=O) groups is 1. The highest BCUT2D eigenvalue weighted by Gasteiger charge is 2.31. The summed E-state index contributed by atoms with van der Waals surface area (Å²) in [5.74, 6) is 0.118. The summed E-state index contributed by atoms with van der Waals surface area (Å²) in [7, 11) is 0. The van der Waals surface area contributed by atoms with Gasteiger partial charge in [-0.3, -0.25) is 4.79 Å². The molecular formula is C17H16F3NO2S. The first-order valence-corrected chi connectivity index (χ1v) is 7.99. The molecule has 0 aliphatic carbocycles. The fraction of sp³-hybridized carbons (Fsp3) is 0.235. The summed E-state index contributed by atoms with van der Waals surface area (Å²) < 4.78 is 43.1. The highest BCUT2D eigenvalue weighted by molar-refractivity contribution is 8.00. The SMILES string of the molecule is Cc1cccc(OCCNC(=O)c2ccccc2SC(F)(F)F)c1. The van der Waals surface area contributed by atoms with E-state index in [0.717, 1.165) is 5.56 Å². The third kappa shape index (κ3) is 5.81. The maximum absolute atomic E-state index is 12.5. The van der Waals surface area contributed by atoms with Crippen LogP contribution in [0.25, 0.3) is 0 Å². The van der Waals surface area contributed by atoms with Crippen LogP contribution in [0.4, 0.5) is 13.2 Å². The first kappa shape index (κ1) is 18.2. The van der Waals surface area contributed by atoms with Crippen LogP contribution in [0.3, 0.4) is 0 Å². The van der Waals surface area contributed by atoms with E-state index in [9.17, 15) is 18.0 Å². The van der Waals surface area contributed by atoms with Crippen molar-refractivity contribution in [1.82, 2.24) is 5.32 Å². The smallest absolute Gasteiger partial charge is 0.446 e. The molecule has 0 aliphatic heterocycles. The Hall–Kier alpha value is -2.15. The van der Waals surface area contributed by atoms with Crippen molar-refractivity contribution in [3.63, 3.8) is 0 Å². The van der Waals surface area contributed by atoms with Crippen LogP contribution in [0.1, 0.15) is 15.9 Å². The summed E-state index contributed by atoms with van der Waals surface area (Å²) in [5.41, 5.74) is -3.39. The number of halogens is 3. The third-order valence-corrected chi connectivity index (χ3v) is 3.81. The minimum atomic E-state index is -4.44. The zero-order valence-electron chi connectivity index (χ0n) is 12.9. The highest BCUT2D eigenvalue weighted by atomic mass is 32.2. The average Bonchev–Trinajstić information content (AvgIpc) is 2.50. The summed E-state index contributed by atoms with van der Waals surface area (Å²) in [4.78, 5) is 11.9. The molecule has 2 rings (SSSR count). The van der Waals surface area contributed by atoms with Crippen molar-refractivity contribution < 1.29 is 22.7 Å². The number of carbonyl (C=O) groups excluding carboxylic acids is 1. The number of benzene rings is 2. The highest BCUT2D eigenvalue weighted by Crippen LogP contribution is 2.38. The number of ether oxygens (including phenoxy) is 1. The average molecular weight is 355 g/mol. The standard InChI is InChI=1S/C17H16F3NO2S/c1-12-5-4-6-13(11-12)23-10-9-21-16(22)14-7-2-3-8-15(14)24-17(18,19)20/h2-8,11H,9-10H2,1H3,(H,21,22). The van der Waals surface area contributed by atoms with Gasteiger partial charge in [-0.1, -0.05) is 24.3 Å². The van der Waals surface area contributed by atoms with Gasteiger partial charge in [0.1, 0.15) is 12.4 Å². The number of hydrogen-bond acceptors (Lipinski definition) is 3. The second-order valence-corrected chi connectivity index (χ2v) is 6.07. The molecule has 128 valence electrons. The van der Waals surface area contributed by atoms with E-state index in [4.69, 9.17) is 4.74 Å². The maximum atomic E-state index is 12.5. The van der Waals surface area contributed by atoms with Crippen molar-refractivity contribution in [2.45, 2.75) is 17.3 Å². The van der Waals surface area contributed by atoms with E-state index in [1.807, 2.05) is 25.1 Å². The van der Waals surface area contributed by atoms with Gasteiger partial charge in [0.25, 0.3) is 5.91 Å². The van der Waals surface area contributed by atoms with Gasteiger partial charge in [0, 0.05) is 4.90 Å². The van der Waals surface area contributed by atoms with Crippen LogP contribution in [0.5, 0.6) is 5.75 Å². The first-order valence-electron chi connectivity index (χ1n) is 7.17. The molecule has 0 saturated heterocycles. The molecule has 24 heavy (non-hydrogen) atoms. The molecular weight excluding hydrogens is 339 g/mol. The van der Waals surface area contributed by atoms with E-state index >= 15 is 0 Å². The summed E-state index contributed by atoms with van der Waals surface area (Å²) in [5, 5.41) is 2.57. The largest absolute Gasteiger partial charge is 0.492 e. The van der Waals surface area contributed by atoms with Gasteiger partial charge in [-0.05, 0) is 48.5 Å². The molecule has 0 fully saturated rings. The zero-order valence-corrected chi connectivity index (χ0v) is 13.7. The number of amides is 1. The van der Waals surface area contributed by atoms with Gasteiger partial charge < -0.3 is 10.1 Å². The molecule has 7 heteroatoms. The Bertz CT molecular complexity index is 704. The van der Waals surface area contributed by atoms with Gasteiger partial charge in [-0.15, -0.1) is 0 Å². The molecule has 1 amide bonds. The second kappa shape index (κ2) is 8.10. The van der Waals surface area contributed by atoms with E-state index in [2.05, 4.69) is 5.32 Å². The Labute approximate surface area is 142 Å². The number of hydrogen-bond donors (Lipinski definition) is 1. The Morgan fingerprint density at radius 3 is 2.62 bits per heavy atom. The number of thioether (sulfide) groups is 1. The molecule has 0 bridgehead atoms. The predicted octanol–water partition coefficient (Wildman–Crippen LogP) is 4.42. The lowest BCUT2D eigenvalue weighted by Crippen LogP contribution is -2.28. The molecule has 0 radical (unpaired) electrons. The van der Waals surface area contributed by atoms with Crippen LogP contribution in [0, 0.1) is 6.92 Å². The number of alkyl halides is 3. The summed E-state index contributed by atoms with van der Waals surface area (Å²) in [6.07, 6.45) is 0. The Morgan fingerprint density at radius 1 is 1.17 bits per heavy atom. The molecule has 2 aromatic carbocycles. The van der Waals surface area contributed by atoms with Crippen molar-refractivity contribution in [2.75, 3.05) is 13.2 Å². The van der Waals surface area contributed by atoms with Crippen LogP contribution in [-0.4, -0.2) is 24.6 Å². The number of nitrogens with one attached hydrogen (secondary N) is 1. The van der Waals surface area contributed by atoms with Crippen molar-refractivity contribution in [2.24, 2.45) is 0 Å². The fourth-order valence-corrected chi connectivity index (χ4v) is 2.67. The van der Waals surface area contributed by atoms with E-state index in [1.54, 1.807) is 6.07 Å². The Balaban J connectivity index is 1.89.